The van der Waals surface area contributed by atoms with Gasteiger partial charge in [-0.1, -0.05) is 50.2 Å². The van der Waals surface area contributed by atoms with Crippen molar-refractivity contribution in [3.05, 3.63) is 65.2 Å². The Hall–Kier alpha value is -2.82. The summed E-state index contributed by atoms with van der Waals surface area (Å²) in [5.74, 6) is 0.000802. The molecular weight excluding hydrogens is 330 g/mol. The molecule has 1 amide bonds. The van der Waals surface area contributed by atoms with Crippen molar-refractivity contribution in [1.29, 1.82) is 0 Å². The second kappa shape index (κ2) is 9.61. The predicted octanol–water partition coefficient (Wildman–Crippen LogP) is 3.21. The monoisotopic (exact) mass is 355 g/mol. The molecule has 2 aromatic carbocycles. The minimum Gasteiger partial charge on any atom is -0.482 e. The van der Waals surface area contributed by atoms with E-state index < -0.39 is 5.97 Å². The number of hydrogen-bond acceptors (Lipinski definition) is 3. The number of hydrogen-bond donors (Lipinski definition) is 2. The van der Waals surface area contributed by atoms with E-state index in [4.69, 9.17) is 9.84 Å². The van der Waals surface area contributed by atoms with E-state index in [2.05, 4.69) is 31.3 Å². The van der Waals surface area contributed by atoms with Crippen molar-refractivity contribution < 1.29 is 19.4 Å². The van der Waals surface area contributed by atoms with Gasteiger partial charge >= 0.3 is 5.97 Å². The Morgan fingerprint density at radius 2 is 1.73 bits per heavy atom. The smallest absolute Gasteiger partial charge is 0.341 e. The topological polar surface area (TPSA) is 75.6 Å². The average molecular weight is 355 g/mol. The van der Waals surface area contributed by atoms with Gasteiger partial charge in [-0.15, -0.1) is 0 Å². The highest BCUT2D eigenvalue weighted by Crippen LogP contribution is 2.13. The number of ether oxygens (including phenoxy) is 1. The van der Waals surface area contributed by atoms with Crippen molar-refractivity contribution >= 4 is 11.9 Å². The Labute approximate surface area is 154 Å². The molecule has 2 N–H and O–H groups in total. The molecule has 0 aliphatic carbocycles. The number of amides is 1. The van der Waals surface area contributed by atoms with Crippen LogP contribution in [-0.4, -0.2) is 23.6 Å². The highest BCUT2D eigenvalue weighted by atomic mass is 16.5. The van der Waals surface area contributed by atoms with Crippen LogP contribution in [0.15, 0.2) is 48.5 Å². The molecule has 0 aliphatic rings. The second-order valence-electron chi connectivity index (χ2n) is 6.70. The van der Waals surface area contributed by atoms with Crippen molar-refractivity contribution in [2.45, 2.75) is 33.2 Å². The molecule has 0 aliphatic heterocycles. The lowest BCUT2D eigenvalue weighted by Gasteiger charge is -2.09. The zero-order valence-electron chi connectivity index (χ0n) is 15.2. The lowest BCUT2D eigenvalue weighted by molar-refractivity contribution is -0.139. The summed E-state index contributed by atoms with van der Waals surface area (Å²) in [4.78, 5) is 22.7. The number of carbonyl (C=O) groups is 2. The highest BCUT2D eigenvalue weighted by Gasteiger charge is 2.06. The lowest BCUT2D eigenvalue weighted by Crippen LogP contribution is -2.24. The van der Waals surface area contributed by atoms with Gasteiger partial charge in [0.2, 0.25) is 5.91 Å². The maximum Gasteiger partial charge on any atom is 0.341 e. The number of carboxylic acids is 1. The first-order valence-corrected chi connectivity index (χ1v) is 8.70. The fourth-order valence-electron chi connectivity index (χ4n) is 2.60. The molecule has 138 valence electrons. The third-order valence-electron chi connectivity index (χ3n) is 3.78. The summed E-state index contributed by atoms with van der Waals surface area (Å²) in [5.41, 5.74) is 3.12. The van der Waals surface area contributed by atoms with Crippen LogP contribution in [-0.2, 0) is 29.0 Å². The fraction of sp³-hybridized carbons (Fsp3) is 0.333. The van der Waals surface area contributed by atoms with E-state index in [1.807, 2.05) is 18.2 Å². The number of carboxylic acid groups (broad SMARTS) is 1. The summed E-state index contributed by atoms with van der Waals surface area (Å²) in [7, 11) is 0. The van der Waals surface area contributed by atoms with Crippen LogP contribution < -0.4 is 10.1 Å². The van der Waals surface area contributed by atoms with E-state index in [1.165, 1.54) is 5.56 Å². The number of carbonyl (C=O) groups excluding carboxylic acids is 1. The maximum atomic E-state index is 12.1. The second-order valence-corrected chi connectivity index (χ2v) is 6.70. The Kier molecular flexibility index (Phi) is 7.21. The molecule has 0 bridgehead atoms. The number of aliphatic carboxylic acids is 1. The van der Waals surface area contributed by atoms with Crippen LogP contribution in [0.1, 0.15) is 30.5 Å². The minimum atomic E-state index is -1.02. The molecule has 0 heterocycles. The van der Waals surface area contributed by atoms with Gasteiger partial charge in [-0.2, -0.15) is 0 Å². The third kappa shape index (κ3) is 6.97. The van der Waals surface area contributed by atoms with Crippen molar-refractivity contribution in [3.8, 4) is 5.75 Å². The number of benzene rings is 2. The van der Waals surface area contributed by atoms with E-state index in [9.17, 15) is 9.59 Å². The number of nitrogens with one attached hydrogen (secondary N) is 1. The Bertz CT molecular complexity index is 738. The molecule has 0 radical (unpaired) electrons. The van der Waals surface area contributed by atoms with E-state index >= 15 is 0 Å². The molecule has 0 atom stereocenters. The molecule has 5 heteroatoms. The Morgan fingerprint density at radius 1 is 1.04 bits per heavy atom. The Morgan fingerprint density at radius 3 is 2.38 bits per heavy atom. The first-order chi connectivity index (χ1) is 12.4. The van der Waals surface area contributed by atoms with Crippen molar-refractivity contribution in [2.24, 2.45) is 5.92 Å². The van der Waals surface area contributed by atoms with Crippen LogP contribution in [0, 0.1) is 5.92 Å². The van der Waals surface area contributed by atoms with Crippen molar-refractivity contribution in [2.75, 3.05) is 6.61 Å². The predicted molar refractivity (Wildman–Crippen MR) is 100 cm³/mol. The molecule has 2 rings (SSSR count). The quantitative estimate of drug-likeness (QED) is 0.724. The highest BCUT2D eigenvalue weighted by molar-refractivity contribution is 5.78. The zero-order valence-corrected chi connectivity index (χ0v) is 15.2. The molecule has 0 spiro atoms. The van der Waals surface area contributed by atoms with Gasteiger partial charge in [0.25, 0.3) is 0 Å². The van der Waals surface area contributed by atoms with Crippen LogP contribution in [0.3, 0.4) is 0 Å². The zero-order chi connectivity index (χ0) is 18.9. The van der Waals surface area contributed by atoms with E-state index in [-0.39, 0.29) is 12.5 Å². The summed E-state index contributed by atoms with van der Waals surface area (Å²) in [6.07, 6.45) is 1.37. The molecular formula is C21H25NO4. The van der Waals surface area contributed by atoms with Gasteiger partial charge in [-0.3, -0.25) is 4.79 Å². The average Bonchev–Trinajstić information content (AvgIpc) is 2.60. The molecule has 26 heavy (non-hydrogen) atoms. The molecule has 5 nitrogen and oxygen atoms in total. The molecule has 0 aromatic heterocycles. The minimum absolute atomic E-state index is 0.0570. The van der Waals surface area contributed by atoms with Gasteiger partial charge in [-0.05, 0) is 41.2 Å². The van der Waals surface area contributed by atoms with Crippen LogP contribution in [0.4, 0.5) is 0 Å². The van der Waals surface area contributed by atoms with Crippen molar-refractivity contribution in [3.63, 3.8) is 0 Å². The van der Waals surface area contributed by atoms with Gasteiger partial charge in [-0.25, -0.2) is 4.79 Å². The third-order valence-corrected chi connectivity index (χ3v) is 3.78. The normalized spacial score (nSPS) is 10.6. The summed E-state index contributed by atoms with van der Waals surface area (Å²) in [6, 6.07) is 15.2. The van der Waals surface area contributed by atoms with Gasteiger partial charge in [0.1, 0.15) is 5.75 Å². The SMILES string of the molecule is CC(C)Cc1ccc(CC(=O)NCc2cccc(OCC(=O)O)c2)cc1. The first-order valence-electron chi connectivity index (χ1n) is 8.70. The van der Waals surface area contributed by atoms with Crippen LogP contribution >= 0.6 is 0 Å². The lowest BCUT2D eigenvalue weighted by atomic mass is 10.0. The molecule has 0 unspecified atom stereocenters. The maximum absolute atomic E-state index is 12.1. The summed E-state index contributed by atoms with van der Waals surface area (Å²) >= 11 is 0. The van der Waals surface area contributed by atoms with E-state index in [1.54, 1.807) is 18.2 Å². The molecule has 2 aromatic rings. The van der Waals surface area contributed by atoms with E-state index in [0.29, 0.717) is 24.6 Å². The standard InChI is InChI=1S/C21H25NO4/c1-15(2)10-16-6-8-17(9-7-16)12-20(23)22-13-18-4-3-5-19(11-18)26-14-21(24)25/h3-9,11,15H,10,12-14H2,1-2H3,(H,22,23)(H,24,25). The molecule has 0 fully saturated rings. The Balaban J connectivity index is 1.83. The fourth-order valence-corrected chi connectivity index (χ4v) is 2.60. The van der Waals surface area contributed by atoms with Gasteiger partial charge in [0, 0.05) is 6.54 Å². The summed E-state index contributed by atoms with van der Waals surface area (Å²) in [5, 5.41) is 11.5. The van der Waals surface area contributed by atoms with Gasteiger partial charge in [0.05, 0.1) is 6.42 Å². The number of rotatable bonds is 9. The molecule has 0 saturated carbocycles. The van der Waals surface area contributed by atoms with Crippen LogP contribution in [0.2, 0.25) is 0 Å². The van der Waals surface area contributed by atoms with Gasteiger partial charge in [0.15, 0.2) is 6.61 Å². The van der Waals surface area contributed by atoms with Gasteiger partial charge < -0.3 is 15.2 Å². The summed E-state index contributed by atoms with van der Waals surface area (Å²) < 4.78 is 5.14. The van der Waals surface area contributed by atoms with E-state index in [0.717, 1.165) is 17.5 Å². The van der Waals surface area contributed by atoms with Crippen molar-refractivity contribution in [1.82, 2.24) is 5.32 Å². The molecule has 0 saturated heterocycles. The largest absolute Gasteiger partial charge is 0.482 e. The summed E-state index contributed by atoms with van der Waals surface area (Å²) in [6.45, 7) is 4.35. The first kappa shape index (κ1) is 19.5. The van der Waals surface area contributed by atoms with Crippen LogP contribution in [0.25, 0.3) is 0 Å². The van der Waals surface area contributed by atoms with Crippen LogP contribution in [0.5, 0.6) is 5.75 Å².